The van der Waals surface area contributed by atoms with Crippen molar-refractivity contribution in [2.45, 2.75) is 12.7 Å². The number of nitrogen functional groups attached to an aromatic ring is 1. The van der Waals surface area contributed by atoms with Crippen molar-refractivity contribution in [1.82, 2.24) is 14.9 Å². The van der Waals surface area contributed by atoms with Gasteiger partial charge in [0.05, 0.1) is 0 Å². The Balaban J connectivity index is 1.28. The molecule has 1 fully saturated rings. The predicted octanol–water partition coefficient (Wildman–Crippen LogP) is 4.70. The summed E-state index contributed by atoms with van der Waals surface area (Å²) in [5.74, 6) is -0.219. The van der Waals surface area contributed by atoms with Crippen LogP contribution in [0.15, 0.2) is 54.6 Å². The second-order valence-corrected chi connectivity index (χ2v) is 8.45. The summed E-state index contributed by atoms with van der Waals surface area (Å²) in [5.41, 5.74) is 6.71. The predicted molar refractivity (Wildman–Crippen MR) is 129 cm³/mol. The zero-order valence-electron chi connectivity index (χ0n) is 18.5. The minimum atomic E-state index is -4.58. The van der Waals surface area contributed by atoms with Crippen LogP contribution in [0.1, 0.15) is 11.3 Å². The van der Waals surface area contributed by atoms with E-state index in [1.807, 2.05) is 24.3 Å². The molecule has 0 unspecified atom stereocenters. The molecule has 2 heterocycles. The van der Waals surface area contributed by atoms with Crippen LogP contribution in [0.5, 0.6) is 0 Å². The molecule has 1 aliphatic rings. The Hall–Kier alpha value is -3.57. The first-order valence-electron chi connectivity index (χ1n) is 10.8. The molecule has 184 valence electrons. The molecule has 1 saturated heterocycles. The van der Waals surface area contributed by atoms with Gasteiger partial charge in [-0.1, -0.05) is 29.8 Å². The number of carbonyl (C=O) groups excluding carboxylic acids is 1. The van der Waals surface area contributed by atoms with Gasteiger partial charge in [-0.3, -0.25) is 4.90 Å². The largest absolute Gasteiger partial charge is 0.433 e. The highest BCUT2D eigenvalue weighted by Gasteiger charge is 2.34. The van der Waals surface area contributed by atoms with Crippen molar-refractivity contribution in [3.63, 3.8) is 0 Å². The Morgan fingerprint density at radius 2 is 1.66 bits per heavy atom. The van der Waals surface area contributed by atoms with Crippen LogP contribution in [0.4, 0.5) is 41.1 Å². The lowest BCUT2D eigenvalue weighted by Crippen LogP contribution is -2.46. The van der Waals surface area contributed by atoms with Crippen molar-refractivity contribution >= 4 is 40.8 Å². The van der Waals surface area contributed by atoms with Crippen molar-refractivity contribution in [2.75, 3.05) is 47.4 Å². The molecule has 3 aromatic rings. The third-order valence-electron chi connectivity index (χ3n) is 5.42. The lowest BCUT2D eigenvalue weighted by atomic mass is 10.1. The van der Waals surface area contributed by atoms with Crippen LogP contribution in [0.25, 0.3) is 0 Å². The van der Waals surface area contributed by atoms with Gasteiger partial charge in [0.1, 0.15) is 5.82 Å². The fourth-order valence-corrected chi connectivity index (χ4v) is 3.90. The van der Waals surface area contributed by atoms with Crippen LogP contribution < -0.4 is 21.3 Å². The number of rotatable bonds is 5. The van der Waals surface area contributed by atoms with Gasteiger partial charge in [-0.15, -0.1) is 0 Å². The molecule has 2 amide bonds. The molecule has 1 aromatic heterocycles. The Labute approximate surface area is 204 Å². The molecule has 4 rings (SSSR count). The van der Waals surface area contributed by atoms with E-state index >= 15 is 0 Å². The molecule has 1 aliphatic heterocycles. The fraction of sp³-hybridized carbons (Fsp3) is 0.261. The molecule has 12 heteroatoms. The van der Waals surface area contributed by atoms with E-state index in [2.05, 4.69) is 25.5 Å². The highest BCUT2D eigenvalue weighted by atomic mass is 35.5. The van der Waals surface area contributed by atoms with Crippen LogP contribution in [0.3, 0.4) is 0 Å². The second-order valence-electron chi connectivity index (χ2n) is 8.02. The summed E-state index contributed by atoms with van der Waals surface area (Å²) in [4.78, 5) is 23.4. The van der Waals surface area contributed by atoms with E-state index in [1.165, 1.54) is 0 Å². The number of hydrogen-bond acceptors (Lipinski definition) is 6. The van der Waals surface area contributed by atoms with Crippen molar-refractivity contribution in [1.29, 1.82) is 0 Å². The first kappa shape index (κ1) is 24.6. The first-order valence-corrected chi connectivity index (χ1v) is 11.1. The highest BCUT2D eigenvalue weighted by Crippen LogP contribution is 2.30. The number of anilines is 4. The summed E-state index contributed by atoms with van der Waals surface area (Å²) in [6.07, 6.45) is -4.58. The number of piperazine rings is 1. The molecular weight excluding hydrogens is 483 g/mol. The lowest BCUT2D eigenvalue weighted by molar-refractivity contribution is -0.141. The minimum absolute atomic E-state index is 0.177. The topological polar surface area (TPSA) is 99.4 Å². The van der Waals surface area contributed by atoms with Crippen molar-refractivity contribution in [2.24, 2.45) is 0 Å². The monoisotopic (exact) mass is 505 g/mol. The summed E-state index contributed by atoms with van der Waals surface area (Å²) in [6, 6.07) is 14.9. The molecule has 0 spiro atoms. The molecular formula is C23H23ClF3N7O. The number of benzene rings is 2. The van der Waals surface area contributed by atoms with E-state index in [1.54, 1.807) is 29.2 Å². The number of hydrogen-bond donors (Lipinski definition) is 3. The zero-order chi connectivity index (χ0) is 25.0. The summed E-state index contributed by atoms with van der Waals surface area (Å²) in [6.45, 7) is 2.98. The number of nitrogens with zero attached hydrogens (tertiary/aromatic N) is 4. The van der Waals surface area contributed by atoms with Gasteiger partial charge in [0.25, 0.3) is 0 Å². The molecule has 2 aromatic carbocycles. The van der Waals surface area contributed by atoms with Gasteiger partial charge in [0.15, 0.2) is 5.69 Å². The second kappa shape index (κ2) is 10.4. The zero-order valence-corrected chi connectivity index (χ0v) is 19.3. The summed E-state index contributed by atoms with van der Waals surface area (Å²) in [5, 5.41) is 6.01. The highest BCUT2D eigenvalue weighted by molar-refractivity contribution is 6.30. The minimum Gasteiger partial charge on any atom is -0.368 e. The summed E-state index contributed by atoms with van der Waals surface area (Å²) >= 11 is 5.92. The van der Waals surface area contributed by atoms with E-state index in [4.69, 9.17) is 17.3 Å². The molecule has 0 radical (unpaired) electrons. The van der Waals surface area contributed by atoms with Crippen LogP contribution in [0, 0.1) is 0 Å². The molecule has 0 atom stereocenters. The van der Waals surface area contributed by atoms with Gasteiger partial charge in [-0.05, 0) is 35.9 Å². The first-order chi connectivity index (χ1) is 16.7. The van der Waals surface area contributed by atoms with Crippen LogP contribution >= 0.6 is 11.6 Å². The Morgan fingerprint density at radius 1 is 0.971 bits per heavy atom. The standard InChI is InChI=1S/C23H23ClF3N7O/c24-16-2-1-3-18(12-16)30-22(35)29-17-6-4-15(5-7-17)14-33-8-10-34(11-9-33)20-13-19(23(25,26)27)31-21(28)32-20/h1-7,12-13H,8-11,14H2,(H2,28,31,32)(H2,29,30,35). The quantitative estimate of drug-likeness (QED) is 0.465. The number of urea groups is 1. The number of carbonyl (C=O) groups is 1. The Morgan fingerprint density at radius 3 is 2.31 bits per heavy atom. The van der Waals surface area contributed by atoms with Gasteiger partial charge in [0, 0.05) is 55.2 Å². The molecule has 8 nitrogen and oxygen atoms in total. The number of amides is 2. The van der Waals surface area contributed by atoms with Gasteiger partial charge < -0.3 is 21.3 Å². The smallest absolute Gasteiger partial charge is 0.368 e. The number of alkyl halides is 3. The molecule has 35 heavy (non-hydrogen) atoms. The lowest BCUT2D eigenvalue weighted by Gasteiger charge is -2.35. The molecule has 4 N–H and O–H groups in total. The van der Waals surface area contributed by atoms with E-state index < -0.39 is 17.8 Å². The SMILES string of the molecule is Nc1nc(N2CCN(Cc3ccc(NC(=O)Nc4cccc(Cl)c4)cc3)CC2)cc(C(F)(F)F)n1. The maximum Gasteiger partial charge on any atom is 0.433 e. The number of halogens is 4. The van der Waals surface area contributed by atoms with Gasteiger partial charge in [-0.2, -0.15) is 18.2 Å². The van der Waals surface area contributed by atoms with Crippen molar-refractivity contribution in [3.8, 4) is 0 Å². The van der Waals surface area contributed by atoms with Crippen LogP contribution in [-0.4, -0.2) is 47.1 Å². The Bertz CT molecular complexity index is 1180. The maximum atomic E-state index is 13.0. The van der Waals surface area contributed by atoms with E-state index in [-0.39, 0.29) is 11.8 Å². The van der Waals surface area contributed by atoms with Crippen molar-refractivity contribution in [3.05, 3.63) is 70.9 Å². The van der Waals surface area contributed by atoms with Crippen molar-refractivity contribution < 1.29 is 18.0 Å². The van der Waals surface area contributed by atoms with E-state index in [0.717, 1.165) is 11.6 Å². The number of aromatic nitrogens is 2. The normalized spacial score (nSPS) is 14.6. The number of nitrogens with two attached hydrogens (primary N) is 1. The summed E-state index contributed by atoms with van der Waals surface area (Å²) < 4.78 is 39.1. The fourth-order valence-electron chi connectivity index (χ4n) is 3.71. The Kier molecular flexibility index (Phi) is 7.27. The third kappa shape index (κ3) is 6.74. The third-order valence-corrected chi connectivity index (χ3v) is 5.65. The molecule has 0 saturated carbocycles. The van der Waals surface area contributed by atoms with E-state index in [0.29, 0.717) is 49.1 Å². The maximum absolute atomic E-state index is 13.0. The van der Waals surface area contributed by atoms with Gasteiger partial charge in [0.2, 0.25) is 5.95 Å². The average Bonchev–Trinajstić information content (AvgIpc) is 2.80. The van der Waals surface area contributed by atoms with Crippen LogP contribution in [0.2, 0.25) is 5.02 Å². The van der Waals surface area contributed by atoms with Crippen LogP contribution in [-0.2, 0) is 12.7 Å². The molecule has 0 bridgehead atoms. The average molecular weight is 506 g/mol. The van der Waals surface area contributed by atoms with Gasteiger partial charge >= 0.3 is 12.2 Å². The number of nitrogens with one attached hydrogen (secondary N) is 2. The van der Waals surface area contributed by atoms with Gasteiger partial charge in [-0.25, -0.2) is 9.78 Å². The van der Waals surface area contributed by atoms with E-state index in [9.17, 15) is 18.0 Å². The molecule has 0 aliphatic carbocycles. The summed E-state index contributed by atoms with van der Waals surface area (Å²) in [7, 11) is 0.